The van der Waals surface area contributed by atoms with Crippen molar-refractivity contribution in [1.29, 1.82) is 0 Å². The predicted octanol–water partition coefficient (Wildman–Crippen LogP) is 1.88. The first-order valence-electron chi connectivity index (χ1n) is 11.4. The number of carbonyl (C=O) groups is 3. The highest BCUT2D eigenvalue weighted by molar-refractivity contribution is 5.96. The molecule has 3 aromatic rings. The number of carbonyl (C=O) groups excluding carboxylic acids is 3. The monoisotopic (exact) mass is 486 g/mol. The van der Waals surface area contributed by atoms with Gasteiger partial charge < -0.3 is 25.4 Å². The van der Waals surface area contributed by atoms with Gasteiger partial charge in [-0.25, -0.2) is 4.98 Å². The number of benzene rings is 2. The number of aromatic nitrogens is 1. The maximum absolute atomic E-state index is 12.8. The third-order valence-electron chi connectivity index (χ3n) is 5.89. The lowest BCUT2D eigenvalue weighted by Gasteiger charge is -2.21. The molecule has 3 amide bonds. The molecule has 1 saturated heterocycles. The molecule has 1 aliphatic heterocycles. The molecule has 2 atom stereocenters. The van der Waals surface area contributed by atoms with Gasteiger partial charge in [-0.1, -0.05) is 36.3 Å². The summed E-state index contributed by atoms with van der Waals surface area (Å²) in [6.45, 7) is 1.37. The molecule has 1 fully saturated rings. The SMILES string of the molecule is CC#CC(=O)NCC(=O)N1CC(Oc2cc(-c3ccccc3)nc3cc(OC)ccc23)CC1C(N)=O. The molecule has 0 spiro atoms. The van der Waals surface area contributed by atoms with Crippen LogP contribution in [0.4, 0.5) is 0 Å². The molecule has 0 radical (unpaired) electrons. The van der Waals surface area contributed by atoms with E-state index in [0.29, 0.717) is 22.7 Å². The number of rotatable bonds is 7. The zero-order chi connectivity index (χ0) is 25.7. The number of pyridine rings is 1. The molecule has 0 bridgehead atoms. The van der Waals surface area contributed by atoms with E-state index in [1.165, 1.54) is 11.8 Å². The number of amides is 3. The number of hydrogen-bond donors (Lipinski definition) is 2. The van der Waals surface area contributed by atoms with E-state index in [1.54, 1.807) is 7.11 Å². The topological polar surface area (TPSA) is 124 Å². The van der Waals surface area contributed by atoms with Crippen LogP contribution >= 0.6 is 0 Å². The normalized spacial score (nSPS) is 16.7. The average molecular weight is 487 g/mol. The third kappa shape index (κ3) is 5.39. The second kappa shape index (κ2) is 10.8. The molecule has 2 unspecified atom stereocenters. The fourth-order valence-electron chi connectivity index (χ4n) is 4.18. The van der Waals surface area contributed by atoms with Crippen molar-refractivity contribution in [2.45, 2.75) is 25.5 Å². The number of fused-ring (bicyclic) bond motifs is 1. The Kier molecular flexibility index (Phi) is 7.35. The Hall–Kier alpha value is -4.58. The number of methoxy groups -OCH3 is 1. The van der Waals surface area contributed by atoms with Crippen molar-refractivity contribution in [2.24, 2.45) is 5.73 Å². The Bertz CT molecular complexity index is 1360. The van der Waals surface area contributed by atoms with Gasteiger partial charge >= 0.3 is 0 Å². The molecular weight excluding hydrogens is 460 g/mol. The van der Waals surface area contributed by atoms with E-state index < -0.39 is 29.9 Å². The van der Waals surface area contributed by atoms with Gasteiger partial charge in [-0.3, -0.25) is 14.4 Å². The highest BCUT2D eigenvalue weighted by Crippen LogP contribution is 2.34. The highest BCUT2D eigenvalue weighted by Gasteiger charge is 2.39. The minimum Gasteiger partial charge on any atom is -0.497 e. The summed E-state index contributed by atoms with van der Waals surface area (Å²) in [6.07, 6.45) is -0.265. The summed E-state index contributed by atoms with van der Waals surface area (Å²) in [5.74, 6) is 4.36. The van der Waals surface area contributed by atoms with Gasteiger partial charge in [-0.15, -0.1) is 0 Å². The van der Waals surface area contributed by atoms with Gasteiger partial charge in [0.25, 0.3) is 5.91 Å². The van der Waals surface area contributed by atoms with Gasteiger partial charge in [-0.2, -0.15) is 0 Å². The molecule has 4 rings (SSSR count). The second-order valence-electron chi connectivity index (χ2n) is 8.25. The molecule has 2 aromatic carbocycles. The van der Waals surface area contributed by atoms with Gasteiger partial charge in [0.05, 0.1) is 31.4 Å². The number of hydrogen-bond acceptors (Lipinski definition) is 6. The lowest BCUT2D eigenvalue weighted by atomic mass is 10.1. The Labute approximate surface area is 208 Å². The van der Waals surface area contributed by atoms with Gasteiger partial charge in [-0.05, 0) is 25.0 Å². The van der Waals surface area contributed by atoms with E-state index in [1.807, 2.05) is 54.6 Å². The summed E-state index contributed by atoms with van der Waals surface area (Å²) in [7, 11) is 1.59. The standard InChI is InChI=1S/C27H26N4O5/c1-3-7-25(32)29-15-26(33)31-16-19(13-23(31)27(28)34)36-24-14-21(17-8-5-4-6-9-17)30-22-12-18(35-2)10-11-20(22)24/h4-6,8-12,14,19,23H,13,15-16H2,1-2H3,(H2,28,34)(H,29,32). The Balaban J connectivity index is 1.62. The number of likely N-dealkylation sites (tertiary alicyclic amines) is 1. The zero-order valence-electron chi connectivity index (χ0n) is 20.0. The smallest absolute Gasteiger partial charge is 0.296 e. The van der Waals surface area contributed by atoms with E-state index in [9.17, 15) is 14.4 Å². The van der Waals surface area contributed by atoms with Crippen LogP contribution in [0.2, 0.25) is 0 Å². The van der Waals surface area contributed by atoms with Crippen molar-refractivity contribution in [1.82, 2.24) is 15.2 Å². The first-order chi connectivity index (χ1) is 17.4. The quantitative estimate of drug-likeness (QED) is 0.492. The minimum atomic E-state index is -0.849. The van der Waals surface area contributed by atoms with Crippen LogP contribution in [0, 0.1) is 11.8 Å². The maximum atomic E-state index is 12.8. The van der Waals surface area contributed by atoms with Crippen LogP contribution in [0.5, 0.6) is 11.5 Å². The molecule has 3 N–H and O–H groups in total. The van der Waals surface area contributed by atoms with E-state index in [2.05, 4.69) is 17.2 Å². The van der Waals surface area contributed by atoms with Crippen molar-refractivity contribution in [3.63, 3.8) is 0 Å². The number of ether oxygens (including phenoxy) is 2. The predicted molar refractivity (Wildman–Crippen MR) is 134 cm³/mol. The fourth-order valence-corrected chi connectivity index (χ4v) is 4.18. The number of nitrogens with zero attached hydrogens (tertiary/aromatic N) is 2. The molecule has 9 heteroatoms. The molecule has 184 valence electrons. The first kappa shape index (κ1) is 24.5. The van der Waals surface area contributed by atoms with E-state index in [4.69, 9.17) is 20.2 Å². The van der Waals surface area contributed by atoms with Gasteiger partial charge in [0.2, 0.25) is 11.8 Å². The van der Waals surface area contributed by atoms with Crippen LogP contribution < -0.4 is 20.5 Å². The highest BCUT2D eigenvalue weighted by atomic mass is 16.5. The molecular formula is C27H26N4O5. The summed E-state index contributed by atoms with van der Waals surface area (Å²) >= 11 is 0. The van der Waals surface area contributed by atoms with Crippen LogP contribution in [0.25, 0.3) is 22.2 Å². The number of nitrogens with two attached hydrogens (primary N) is 1. The Morgan fingerprint density at radius 1 is 1.17 bits per heavy atom. The van der Waals surface area contributed by atoms with E-state index in [0.717, 1.165) is 10.9 Å². The summed E-state index contributed by atoms with van der Waals surface area (Å²) in [5.41, 5.74) is 7.89. The van der Waals surface area contributed by atoms with Gasteiger partial charge in [0.15, 0.2) is 0 Å². The van der Waals surface area contributed by atoms with Gasteiger partial charge in [0, 0.05) is 29.5 Å². The van der Waals surface area contributed by atoms with Crippen molar-refractivity contribution in [2.75, 3.05) is 20.2 Å². The molecule has 9 nitrogen and oxygen atoms in total. The van der Waals surface area contributed by atoms with Crippen molar-refractivity contribution in [3.8, 4) is 34.6 Å². The van der Waals surface area contributed by atoms with Crippen LogP contribution in [0.3, 0.4) is 0 Å². The number of primary amides is 1. The molecule has 36 heavy (non-hydrogen) atoms. The Morgan fingerprint density at radius 2 is 1.94 bits per heavy atom. The molecule has 0 aliphatic carbocycles. The summed E-state index contributed by atoms with van der Waals surface area (Å²) in [5, 5.41) is 3.19. The minimum absolute atomic E-state index is 0.141. The molecule has 2 heterocycles. The van der Waals surface area contributed by atoms with Crippen LogP contribution in [0.15, 0.2) is 54.6 Å². The third-order valence-corrected chi connectivity index (χ3v) is 5.89. The maximum Gasteiger partial charge on any atom is 0.296 e. The summed E-state index contributed by atoms with van der Waals surface area (Å²) < 4.78 is 11.7. The van der Waals surface area contributed by atoms with Crippen molar-refractivity contribution in [3.05, 3.63) is 54.6 Å². The average Bonchev–Trinajstić information content (AvgIpc) is 3.32. The summed E-state index contributed by atoms with van der Waals surface area (Å²) in [6, 6.07) is 16.2. The molecule has 0 saturated carbocycles. The fraction of sp³-hybridized carbons (Fsp3) is 0.259. The van der Waals surface area contributed by atoms with Crippen molar-refractivity contribution < 1.29 is 23.9 Å². The van der Waals surface area contributed by atoms with Gasteiger partial charge in [0.1, 0.15) is 23.6 Å². The zero-order valence-corrected chi connectivity index (χ0v) is 20.0. The van der Waals surface area contributed by atoms with Crippen molar-refractivity contribution >= 4 is 28.6 Å². The lowest BCUT2D eigenvalue weighted by Crippen LogP contribution is -2.47. The van der Waals surface area contributed by atoms with Crippen LogP contribution in [-0.4, -0.2) is 60.0 Å². The number of nitrogens with one attached hydrogen (secondary N) is 1. The lowest BCUT2D eigenvalue weighted by molar-refractivity contribution is -0.137. The molecule has 1 aliphatic rings. The molecule has 1 aromatic heterocycles. The largest absolute Gasteiger partial charge is 0.497 e. The van der Waals surface area contributed by atoms with E-state index >= 15 is 0 Å². The summed E-state index contributed by atoms with van der Waals surface area (Å²) in [4.78, 5) is 42.6. The first-order valence-corrected chi connectivity index (χ1v) is 11.4. The second-order valence-corrected chi connectivity index (χ2v) is 8.25. The Morgan fingerprint density at radius 3 is 2.64 bits per heavy atom. The van der Waals surface area contributed by atoms with Crippen LogP contribution in [-0.2, 0) is 14.4 Å². The van der Waals surface area contributed by atoms with E-state index in [-0.39, 0.29) is 19.5 Å². The van der Waals surface area contributed by atoms with Crippen LogP contribution in [0.1, 0.15) is 13.3 Å².